The standard InChI is InChI=1S/C21H31NO3/c1-3-16(13-23)20(24)22-14-21(15-22)10-8-17(9-11-21)18-6-5-7-19(12-18)25-4-2/h5-7,12,16-17,23H,3-4,8-11,13-15H2,1-2H3/t16-/m1/s1. The van der Waals surface area contributed by atoms with E-state index in [2.05, 4.69) is 18.2 Å². The van der Waals surface area contributed by atoms with Crippen LogP contribution in [0.25, 0.3) is 0 Å². The zero-order valence-electron chi connectivity index (χ0n) is 15.5. The van der Waals surface area contributed by atoms with Crippen molar-refractivity contribution in [2.24, 2.45) is 11.3 Å². The number of aliphatic hydroxyl groups is 1. The van der Waals surface area contributed by atoms with Gasteiger partial charge in [-0.05, 0) is 62.6 Å². The minimum atomic E-state index is -0.213. The summed E-state index contributed by atoms with van der Waals surface area (Å²) in [5.74, 6) is 1.50. The van der Waals surface area contributed by atoms with Crippen molar-refractivity contribution >= 4 is 5.91 Å². The zero-order valence-corrected chi connectivity index (χ0v) is 15.5. The van der Waals surface area contributed by atoms with Crippen LogP contribution in [0.2, 0.25) is 0 Å². The van der Waals surface area contributed by atoms with Crippen LogP contribution >= 0.6 is 0 Å². The lowest BCUT2D eigenvalue weighted by Crippen LogP contribution is -2.60. The van der Waals surface area contributed by atoms with Crippen molar-refractivity contribution in [1.29, 1.82) is 0 Å². The summed E-state index contributed by atoms with van der Waals surface area (Å²) in [6, 6.07) is 8.52. The number of aliphatic hydroxyl groups excluding tert-OH is 1. The number of likely N-dealkylation sites (tertiary alicyclic amines) is 1. The molecule has 0 unspecified atom stereocenters. The second-order valence-electron chi connectivity index (χ2n) is 7.76. The van der Waals surface area contributed by atoms with Crippen molar-refractivity contribution in [3.8, 4) is 5.75 Å². The van der Waals surface area contributed by atoms with Gasteiger partial charge in [-0.15, -0.1) is 0 Å². The fourth-order valence-corrected chi connectivity index (χ4v) is 4.46. The molecule has 138 valence electrons. The van der Waals surface area contributed by atoms with Crippen LogP contribution in [0.1, 0.15) is 57.4 Å². The van der Waals surface area contributed by atoms with Crippen LogP contribution in [-0.2, 0) is 4.79 Å². The molecular weight excluding hydrogens is 314 g/mol. The Morgan fingerprint density at radius 3 is 2.64 bits per heavy atom. The monoisotopic (exact) mass is 345 g/mol. The molecule has 25 heavy (non-hydrogen) atoms. The highest BCUT2D eigenvalue weighted by Gasteiger charge is 2.47. The fraction of sp³-hybridized carbons (Fsp3) is 0.667. The van der Waals surface area contributed by atoms with Crippen molar-refractivity contribution in [2.45, 2.75) is 51.9 Å². The molecule has 3 rings (SSSR count). The minimum Gasteiger partial charge on any atom is -0.494 e. The maximum atomic E-state index is 12.4. The van der Waals surface area contributed by atoms with Crippen LogP contribution in [0.15, 0.2) is 24.3 Å². The summed E-state index contributed by atoms with van der Waals surface area (Å²) in [6.07, 6.45) is 5.48. The minimum absolute atomic E-state index is 0.0307. The van der Waals surface area contributed by atoms with Crippen molar-refractivity contribution in [3.63, 3.8) is 0 Å². The lowest BCUT2D eigenvalue weighted by atomic mass is 9.64. The Hall–Kier alpha value is -1.55. The van der Waals surface area contributed by atoms with Gasteiger partial charge in [-0.25, -0.2) is 0 Å². The van der Waals surface area contributed by atoms with Crippen LogP contribution < -0.4 is 4.74 Å². The van der Waals surface area contributed by atoms with Gasteiger partial charge in [0, 0.05) is 18.5 Å². The molecule has 0 aromatic heterocycles. The van der Waals surface area contributed by atoms with E-state index in [1.54, 1.807) is 0 Å². The van der Waals surface area contributed by atoms with Gasteiger partial charge in [0.2, 0.25) is 5.91 Å². The fourth-order valence-electron chi connectivity index (χ4n) is 4.46. The van der Waals surface area contributed by atoms with E-state index in [0.29, 0.717) is 17.9 Å². The normalized spacial score (nSPS) is 21.0. The summed E-state index contributed by atoms with van der Waals surface area (Å²) in [5.41, 5.74) is 1.72. The number of amides is 1. The molecule has 1 aliphatic heterocycles. The van der Waals surface area contributed by atoms with E-state index in [-0.39, 0.29) is 18.4 Å². The number of hydrogen-bond donors (Lipinski definition) is 1. The number of ether oxygens (including phenoxy) is 1. The number of benzene rings is 1. The van der Waals surface area contributed by atoms with E-state index in [1.165, 1.54) is 31.2 Å². The van der Waals surface area contributed by atoms with Gasteiger partial charge in [-0.3, -0.25) is 4.79 Å². The van der Waals surface area contributed by atoms with E-state index in [1.807, 2.05) is 24.8 Å². The first-order valence-corrected chi connectivity index (χ1v) is 9.73. The lowest BCUT2D eigenvalue weighted by molar-refractivity contribution is -0.151. The number of hydrogen-bond acceptors (Lipinski definition) is 3. The van der Waals surface area contributed by atoms with Crippen molar-refractivity contribution in [3.05, 3.63) is 29.8 Å². The van der Waals surface area contributed by atoms with Gasteiger partial charge in [0.1, 0.15) is 5.75 Å². The molecule has 1 saturated heterocycles. The van der Waals surface area contributed by atoms with Crippen LogP contribution in [0.4, 0.5) is 0 Å². The van der Waals surface area contributed by atoms with E-state index in [9.17, 15) is 9.90 Å². The van der Waals surface area contributed by atoms with Crippen molar-refractivity contribution in [1.82, 2.24) is 4.90 Å². The van der Waals surface area contributed by atoms with E-state index in [0.717, 1.165) is 25.3 Å². The highest BCUT2D eigenvalue weighted by atomic mass is 16.5. The largest absolute Gasteiger partial charge is 0.494 e. The average molecular weight is 345 g/mol. The molecule has 2 aliphatic rings. The number of carbonyl (C=O) groups excluding carboxylic acids is 1. The molecule has 0 bridgehead atoms. The van der Waals surface area contributed by atoms with Gasteiger partial charge in [-0.1, -0.05) is 19.1 Å². The third kappa shape index (κ3) is 3.84. The first-order valence-electron chi connectivity index (χ1n) is 9.73. The molecule has 2 fully saturated rings. The van der Waals surface area contributed by atoms with Gasteiger partial charge < -0.3 is 14.7 Å². The second-order valence-corrected chi connectivity index (χ2v) is 7.76. The maximum absolute atomic E-state index is 12.4. The molecule has 1 saturated carbocycles. The smallest absolute Gasteiger partial charge is 0.228 e. The highest BCUT2D eigenvalue weighted by molar-refractivity contribution is 5.80. The molecule has 4 heteroatoms. The summed E-state index contributed by atoms with van der Waals surface area (Å²) in [5, 5.41) is 9.33. The average Bonchev–Trinajstić information content (AvgIpc) is 2.61. The zero-order chi connectivity index (χ0) is 17.9. The SMILES string of the molecule is CCOc1cccc(C2CCC3(CC2)CN(C(=O)[C@H](CC)CO)C3)c1. The Bertz CT molecular complexity index is 581. The molecule has 1 N–H and O–H groups in total. The van der Waals surface area contributed by atoms with Gasteiger partial charge in [0.25, 0.3) is 0 Å². The molecule has 1 heterocycles. The van der Waals surface area contributed by atoms with Crippen LogP contribution in [-0.4, -0.2) is 42.2 Å². The number of rotatable bonds is 6. The number of nitrogens with zero attached hydrogens (tertiary/aromatic N) is 1. The van der Waals surface area contributed by atoms with E-state index >= 15 is 0 Å². The summed E-state index contributed by atoms with van der Waals surface area (Å²) in [6.45, 7) is 6.42. The third-order valence-electron chi connectivity index (χ3n) is 6.11. The topological polar surface area (TPSA) is 49.8 Å². The Morgan fingerprint density at radius 2 is 2.04 bits per heavy atom. The predicted octanol–water partition coefficient (Wildman–Crippen LogP) is 3.59. The molecule has 0 radical (unpaired) electrons. The van der Waals surface area contributed by atoms with Gasteiger partial charge in [0.15, 0.2) is 0 Å². The predicted molar refractivity (Wildman–Crippen MR) is 98.7 cm³/mol. The van der Waals surface area contributed by atoms with E-state index < -0.39 is 0 Å². The van der Waals surface area contributed by atoms with Crippen molar-refractivity contribution < 1.29 is 14.6 Å². The van der Waals surface area contributed by atoms with Crippen LogP contribution in [0, 0.1) is 11.3 Å². The third-order valence-corrected chi connectivity index (χ3v) is 6.11. The Kier molecular flexibility index (Phi) is 5.67. The first kappa shape index (κ1) is 18.2. The Labute approximate surface area is 151 Å². The van der Waals surface area contributed by atoms with Crippen LogP contribution in [0.3, 0.4) is 0 Å². The molecule has 1 spiro atoms. The Morgan fingerprint density at radius 1 is 1.32 bits per heavy atom. The van der Waals surface area contributed by atoms with Gasteiger partial charge in [0.05, 0.1) is 19.1 Å². The summed E-state index contributed by atoms with van der Waals surface area (Å²) in [4.78, 5) is 14.3. The summed E-state index contributed by atoms with van der Waals surface area (Å²) < 4.78 is 5.63. The molecule has 1 aromatic carbocycles. The number of carbonyl (C=O) groups is 1. The Balaban J connectivity index is 1.53. The van der Waals surface area contributed by atoms with E-state index in [4.69, 9.17) is 4.74 Å². The molecule has 1 aromatic rings. The molecule has 1 amide bonds. The van der Waals surface area contributed by atoms with Gasteiger partial charge in [-0.2, -0.15) is 0 Å². The first-order chi connectivity index (χ1) is 12.1. The molecular formula is C21H31NO3. The lowest BCUT2D eigenvalue weighted by Gasteiger charge is -2.54. The quantitative estimate of drug-likeness (QED) is 0.857. The summed E-state index contributed by atoms with van der Waals surface area (Å²) in [7, 11) is 0. The van der Waals surface area contributed by atoms with Crippen molar-refractivity contribution in [2.75, 3.05) is 26.3 Å². The molecule has 1 aliphatic carbocycles. The highest BCUT2D eigenvalue weighted by Crippen LogP contribution is 2.48. The summed E-state index contributed by atoms with van der Waals surface area (Å²) >= 11 is 0. The van der Waals surface area contributed by atoms with Gasteiger partial charge >= 0.3 is 0 Å². The van der Waals surface area contributed by atoms with Crippen LogP contribution in [0.5, 0.6) is 5.75 Å². The maximum Gasteiger partial charge on any atom is 0.228 e. The molecule has 1 atom stereocenters. The molecule has 4 nitrogen and oxygen atoms in total. The second kappa shape index (κ2) is 7.77.